The van der Waals surface area contributed by atoms with E-state index in [2.05, 4.69) is 32.9 Å². The molecule has 0 amide bonds. The Labute approximate surface area is 106 Å². The van der Waals surface area contributed by atoms with Crippen LogP contribution in [0, 0.1) is 0 Å². The Morgan fingerprint density at radius 3 is 2.06 bits per heavy atom. The van der Waals surface area contributed by atoms with Crippen molar-refractivity contribution in [3.63, 3.8) is 0 Å². The minimum Gasteiger partial charge on any atom is -0.299 e. The van der Waals surface area contributed by atoms with E-state index in [0.717, 1.165) is 37.5 Å². The first-order chi connectivity index (χ1) is 8.11. The lowest BCUT2D eigenvalue weighted by molar-refractivity contribution is -0.104. The van der Waals surface area contributed by atoms with Crippen molar-refractivity contribution in [2.24, 2.45) is 0 Å². The number of hydrogen-bond acceptors (Lipinski definition) is 1. The van der Waals surface area contributed by atoms with Crippen molar-refractivity contribution in [3.8, 4) is 0 Å². The van der Waals surface area contributed by atoms with Gasteiger partial charge in [-0.05, 0) is 59.0 Å². The summed E-state index contributed by atoms with van der Waals surface area (Å²) in [5, 5.41) is 0. The Kier molecular flexibility index (Phi) is 9.41. The molecule has 0 aliphatic heterocycles. The summed E-state index contributed by atoms with van der Waals surface area (Å²) in [6, 6.07) is 0. The largest absolute Gasteiger partial charge is 0.299 e. The number of carbonyl (C=O) groups excluding carboxylic acids is 1. The highest BCUT2D eigenvalue weighted by Gasteiger charge is 1.94. The van der Waals surface area contributed by atoms with Crippen LogP contribution in [0.5, 0.6) is 0 Å². The average Bonchev–Trinajstić information content (AvgIpc) is 2.28. The molecule has 1 heteroatoms. The van der Waals surface area contributed by atoms with Crippen molar-refractivity contribution in [1.82, 2.24) is 0 Å². The topological polar surface area (TPSA) is 17.1 Å². The molecule has 0 atom stereocenters. The molecule has 0 aliphatic rings. The zero-order valence-electron chi connectivity index (χ0n) is 11.8. The zero-order valence-corrected chi connectivity index (χ0v) is 11.8. The number of rotatable bonds is 8. The van der Waals surface area contributed by atoms with Gasteiger partial charge in [-0.1, -0.05) is 35.8 Å². The minimum atomic E-state index is 0.862. The van der Waals surface area contributed by atoms with E-state index in [1.54, 1.807) is 11.6 Å². The molecule has 0 saturated carbocycles. The van der Waals surface area contributed by atoms with Crippen LogP contribution in [0.1, 0.15) is 59.8 Å². The van der Waals surface area contributed by atoms with Gasteiger partial charge in [0.15, 0.2) is 0 Å². The van der Waals surface area contributed by atoms with Gasteiger partial charge in [0.2, 0.25) is 0 Å². The molecule has 0 aliphatic carbocycles. The molecule has 0 rings (SSSR count). The summed E-state index contributed by atoms with van der Waals surface area (Å²) in [5.41, 5.74) is 4.19. The average molecular weight is 234 g/mol. The third-order valence-corrected chi connectivity index (χ3v) is 2.97. The summed E-state index contributed by atoms with van der Waals surface area (Å²) in [6.45, 7) is 8.60. The van der Waals surface area contributed by atoms with Crippen molar-refractivity contribution < 1.29 is 4.79 Å². The molecule has 0 radical (unpaired) electrons. The summed E-state index contributed by atoms with van der Waals surface area (Å²) in [7, 11) is 0. The number of allylic oxidation sites excluding steroid dienone is 6. The summed E-state index contributed by atoms with van der Waals surface area (Å²) in [4.78, 5) is 10.2. The maximum Gasteiger partial charge on any atom is 0.142 e. The third kappa shape index (κ3) is 8.67. The summed E-state index contributed by atoms with van der Waals surface area (Å²) in [6.07, 6.45) is 12.5. The molecule has 1 nitrogen and oxygen atoms in total. The van der Waals surface area contributed by atoms with Gasteiger partial charge >= 0.3 is 0 Å². The van der Waals surface area contributed by atoms with Crippen LogP contribution < -0.4 is 0 Å². The van der Waals surface area contributed by atoms with Gasteiger partial charge in [-0.25, -0.2) is 0 Å². The molecule has 0 N–H and O–H groups in total. The van der Waals surface area contributed by atoms with Gasteiger partial charge in [0.05, 0.1) is 0 Å². The number of carbonyl (C=O) groups is 1. The van der Waals surface area contributed by atoms with Crippen LogP contribution in [0.4, 0.5) is 0 Å². The molecule has 0 fully saturated rings. The smallest absolute Gasteiger partial charge is 0.142 e. The van der Waals surface area contributed by atoms with Crippen LogP contribution in [0.15, 0.2) is 34.9 Å². The molecule has 0 aromatic heterocycles. The Morgan fingerprint density at radius 1 is 1.00 bits per heavy atom. The predicted molar refractivity (Wildman–Crippen MR) is 76.1 cm³/mol. The van der Waals surface area contributed by atoms with Crippen LogP contribution in [-0.2, 0) is 4.79 Å². The summed E-state index contributed by atoms with van der Waals surface area (Å²) in [5.74, 6) is 0. The highest BCUT2D eigenvalue weighted by Crippen LogP contribution is 2.15. The first kappa shape index (κ1) is 15.9. The fraction of sp³-hybridized carbons (Fsp3) is 0.562. The minimum absolute atomic E-state index is 0.862. The van der Waals surface area contributed by atoms with Gasteiger partial charge in [-0.3, -0.25) is 4.79 Å². The second kappa shape index (κ2) is 10.1. The SMILES string of the molecule is CCC(CCC=CCCC(C)=CC=O)=C(C)C. The predicted octanol–water partition coefficient (Wildman–Crippen LogP) is 4.99. The highest BCUT2D eigenvalue weighted by atomic mass is 16.1. The van der Waals surface area contributed by atoms with Crippen molar-refractivity contribution >= 4 is 6.29 Å². The lowest BCUT2D eigenvalue weighted by atomic mass is 10.0. The van der Waals surface area contributed by atoms with Crippen molar-refractivity contribution in [2.45, 2.75) is 59.8 Å². The van der Waals surface area contributed by atoms with Crippen molar-refractivity contribution in [1.29, 1.82) is 0 Å². The van der Waals surface area contributed by atoms with Gasteiger partial charge < -0.3 is 0 Å². The standard InChI is InChI=1S/C16H26O/c1-5-16(14(2)3)11-9-7-6-8-10-15(4)12-13-17/h6-7,12-13H,5,8-11H2,1-4H3. The monoisotopic (exact) mass is 234 g/mol. The van der Waals surface area contributed by atoms with Crippen LogP contribution in [0.3, 0.4) is 0 Å². The molecule has 0 unspecified atom stereocenters. The van der Waals surface area contributed by atoms with E-state index < -0.39 is 0 Å². The van der Waals surface area contributed by atoms with Gasteiger partial charge in [-0.2, -0.15) is 0 Å². The Balaban J connectivity index is 3.80. The van der Waals surface area contributed by atoms with E-state index in [4.69, 9.17) is 0 Å². The normalized spacial score (nSPS) is 11.9. The van der Waals surface area contributed by atoms with Gasteiger partial charge in [0.25, 0.3) is 0 Å². The lowest BCUT2D eigenvalue weighted by Crippen LogP contribution is -1.84. The zero-order chi connectivity index (χ0) is 13.1. The molecule has 96 valence electrons. The number of hydrogen-bond donors (Lipinski definition) is 0. The van der Waals surface area contributed by atoms with E-state index in [0.29, 0.717) is 0 Å². The molecule has 0 heterocycles. The molecule has 0 aromatic carbocycles. The van der Waals surface area contributed by atoms with E-state index >= 15 is 0 Å². The fourth-order valence-electron chi connectivity index (χ4n) is 1.78. The van der Waals surface area contributed by atoms with E-state index in [1.165, 1.54) is 12.0 Å². The van der Waals surface area contributed by atoms with E-state index in [1.807, 2.05) is 6.92 Å². The second-order valence-electron chi connectivity index (χ2n) is 4.65. The Hall–Kier alpha value is -1.11. The molecular formula is C16H26O. The van der Waals surface area contributed by atoms with Crippen molar-refractivity contribution in [3.05, 3.63) is 34.9 Å². The van der Waals surface area contributed by atoms with E-state index in [9.17, 15) is 4.79 Å². The van der Waals surface area contributed by atoms with Crippen LogP contribution in [-0.4, -0.2) is 6.29 Å². The Bertz CT molecular complexity index is 301. The first-order valence-electron chi connectivity index (χ1n) is 6.53. The van der Waals surface area contributed by atoms with Gasteiger partial charge in [-0.15, -0.1) is 0 Å². The maximum absolute atomic E-state index is 10.2. The first-order valence-corrected chi connectivity index (χ1v) is 6.53. The molecular weight excluding hydrogens is 208 g/mol. The molecule has 0 saturated heterocycles. The summed E-state index contributed by atoms with van der Waals surface area (Å²) < 4.78 is 0. The summed E-state index contributed by atoms with van der Waals surface area (Å²) >= 11 is 0. The molecule has 0 bridgehead atoms. The van der Waals surface area contributed by atoms with Crippen LogP contribution in [0.2, 0.25) is 0 Å². The van der Waals surface area contributed by atoms with E-state index in [-0.39, 0.29) is 0 Å². The molecule has 17 heavy (non-hydrogen) atoms. The fourth-order valence-corrected chi connectivity index (χ4v) is 1.78. The second-order valence-corrected chi connectivity index (χ2v) is 4.65. The van der Waals surface area contributed by atoms with Crippen LogP contribution >= 0.6 is 0 Å². The lowest BCUT2D eigenvalue weighted by Gasteiger charge is -2.04. The van der Waals surface area contributed by atoms with Crippen LogP contribution in [0.25, 0.3) is 0 Å². The van der Waals surface area contributed by atoms with Gasteiger partial charge in [0.1, 0.15) is 6.29 Å². The highest BCUT2D eigenvalue weighted by molar-refractivity contribution is 5.65. The Morgan fingerprint density at radius 2 is 1.59 bits per heavy atom. The van der Waals surface area contributed by atoms with Gasteiger partial charge in [0, 0.05) is 0 Å². The van der Waals surface area contributed by atoms with Crippen molar-refractivity contribution in [2.75, 3.05) is 0 Å². The number of aldehydes is 1. The third-order valence-electron chi connectivity index (χ3n) is 2.97. The maximum atomic E-state index is 10.2. The molecule has 0 spiro atoms. The quantitative estimate of drug-likeness (QED) is 0.328. The molecule has 0 aromatic rings.